The molecule has 0 spiro atoms. The van der Waals surface area contributed by atoms with E-state index in [0.717, 1.165) is 12.2 Å². The molecule has 1 radical (unpaired) electrons. The first-order valence-corrected chi connectivity index (χ1v) is 4.42. The average Bonchev–Trinajstić information content (AvgIpc) is 2.15. The van der Waals surface area contributed by atoms with Crippen LogP contribution in [-0.4, -0.2) is 7.11 Å². The number of benzene rings is 1. The Hall–Kier alpha value is -0.980. The quantitative estimate of drug-likeness (QED) is 0.663. The fourth-order valence-corrected chi connectivity index (χ4v) is 1.21. The normalized spacial score (nSPS) is 9.83. The van der Waals surface area contributed by atoms with Gasteiger partial charge in [0.2, 0.25) is 0 Å². The summed E-state index contributed by atoms with van der Waals surface area (Å²) in [6.45, 7) is 2.19. The lowest BCUT2D eigenvalue weighted by molar-refractivity contribution is 0.408. The van der Waals surface area contributed by atoms with Crippen LogP contribution in [0.4, 0.5) is 0 Å². The van der Waals surface area contributed by atoms with Gasteiger partial charge in [-0.05, 0) is 18.4 Å². The zero-order chi connectivity index (χ0) is 8.81. The molecule has 1 aromatic rings. The van der Waals surface area contributed by atoms with Crippen molar-refractivity contribution in [2.24, 2.45) is 0 Å². The summed E-state index contributed by atoms with van der Waals surface area (Å²) >= 11 is 0. The highest BCUT2D eigenvalue weighted by Crippen LogP contribution is 2.18. The van der Waals surface area contributed by atoms with E-state index in [1.54, 1.807) is 7.11 Å². The molecule has 65 valence electrons. The van der Waals surface area contributed by atoms with Gasteiger partial charge < -0.3 is 4.74 Å². The van der Waals surface area contributed by atoms with Crippen molar-refractivity contribution in [2.45, 2.75) is 26.2 Å². The van der Waals surface area contributed by atoms with Gasteiger partial charge in [-0.15, -0.1) is 0 Å². The van der Waals surface area contributed by atoms with Crippen LogP contribution >= 0.6 is 0 Å². The van der Waals surface area contributed by atoms with Gasteiger partial charge >= 0.3 is 0 Å². The van der Waals surface area contributed by atoms with Crippen LogP contribution in [0.15, 0.2) is 18.2 Å². The van der Waals surface area contributed by atoms with Crippen molar-refractivity contribution in [1.82, 2.24) is 0 Å². The highest BCUT2D eigenvalue weighted by atomic mass is 16.5. The van der Waals surface area contributed by atoms with Gasteiger partial charge in [0.25, 0.3) is 0 Å². The van der Waals surface area contributed by atoms with E-state index in [4.69, 9.17) is 4.74 Å². The predicted octanol–water partition coefficient (Wildman–Crippen LogP) is 2.84. The Kier molecular flexibility index (Phi) is 3.65. The molecule has 12 heavy (non-hydrogen) atoms. The fraction of sp³-hybridized carbons (Fsp3) is 0.455. The lowest BCUT2D eigenvalue weighted by atomic mass is 10.1. The predicted molar refractivity (Wildman–Crippen MR) is 50.4 cm³/mol. The molecule has 1 rings (SSSR count). The SMILES string of the molecule is CCCCc1ccc[c]c1OC. The maximum atomic E-state index is 5.19. The lowest BCUT2D eigenvalue weighted by Gasteiger charge is -2.05. The molecular weight excluding hydrogens is 148 g/mol. The second kappa shape index (κ2) is 4.81. The summed E-state index contributed by atoms with van der Waals surface area (Å²) < 4.78 is 5.19. The standard InChI is InChI=1S/C11H15O/c1-3-4-7-10-8-5-6-9-11(10)12-2/h5-6,8H,3-4,7H2,1-2H3. The van der Waals surface area contributed by atoms with Gasteiger partial charge in [0.05, 0.1) is 7.11 Å². The Balaban J connectivity index is 2.68. The van der Waals surface area contributed by atoms with Gasteiger partial charge in [-0.1, -0.05) is 31.5 Å². The van der Waals surface area contributed by atoms with E-state index in [0.29, 0.717) is 0 Å². The highest BCUT2D eigenvalue weighted by Gasteiger charge is 1.99. The Labute approximate surface area is 74.4 Å². The number of unbranched alkanes of at least 4 members (excludes halogenated alkanes) is 1. The molecule has 0 bridgehead atoms. The topological polar surface area (TPSA) is 9.23 Å². The first-order chi connectivity index (χ1) is 5.88. The summed E-state index contributed by atoms with van der Waals surface area (Å²) in [7, 11) is 1.70. The molecule has 0 N–H and O–H groups in total. The van der Waals surface area contributed by atoms with Crippen LogP contribution in [0.5, 0.6) is 5.75 Å². The zero-order valence-electron chi connectivity index (χ0n) is 7.76. The first-order valence-electron chi connectivity index (χ1n) is 4.42. The average molecular weight is 163 g/mol. The van der Waals surface area contributed by atoms with Crippen molar-refractivity contribution < 1.29 is 4.74 Å². The minimum absolute atomic E-state index is 0.894. The number of aryl methyl sites for hydroxylation is 1. The molecule has 1 aromatic carbocycles. The van der Waals surface area contributed by atoms with Gasteiger partial charge in [0, 0.05) is 6.07 Å². The van der Waals surface area contributed by atoms with Crippen molar-refractivity contribution in [3.63, 3.8) is 0 Å². The van der Waals surface area contributed by atoms with E-state index in [9.17, 15) is 0 Å². The number of ether oxygens (including phenoxy) is 1. The zero-order valence-corrected chi connectivity index (χ0v) is 7.76. The highest BCUT2D eigenvalue weighted by molar-refractivity contribution is 5.31. The number of hydrogen-bond donors (Lipinski definition) is 0. The third-order valence-corrected chi connectivity index (χ3v) is 1.90. The molecule has 0 heterocycles. The molecule has 0 aliphatic carbocycles. The van der Waals surface area contributed by atoms with E-state index < -0.39 is 0 Å². The van der Waals surface area contributed by atoms with Crippen LogP contribution in [0.3, 0.4) is 0 Å². The number of hydrogen-bond acceptors (Lipinski definition) is 1. The minimum atomic E-state index is 0.894. The van der Waals surface area contributed by atoms with Crippen LogP contribution in [0.2, 0.25) is 0 Å². The van der Waals surface area contributed by atoms with E-state index in [2.05, 4.69) is 19.1 Å². The monoisotopic (exact) mass is 163 g/mol. The molecule has 0 saturated carbocycles. The van der Waals surface area contributed by atoms with Crippen LogP contribution in [0.1, 0.15) is 25.3 Å². The van der Waals surface area contributed by atoms with E-state index in [-0.39, 0.29) is 0 Å². The molecule has 0 atom stereocenters. The Morgan fingerprint density at radius 2 is 2.33 bits per heavy atom. The van der Waals surface area contributed by atoms with Gasteiger partial charge in [0.1, 0.15) is 5.75 Å². The molecule has 0 aliphatic rings. The Morgan fingerprint density at radius 1 is 1.50 bits per heavy atom. The van der Waals surface area contributed by atoms with Gasteiger partial charge in [-0.2, -0.15) is 0 Å². The van der Waals surface area contributed by atoms with Crippen LogP contribution in [0, 0.1) is 6.07 Å². The van der Waals surface area contributed by atoms with Crippen LogP contribution < -0.4 is 4.74 Å². The molecule has 0 aromatic heterocycles. The maximum absolute atomic E-state index is 5.19. The third kappa shape index (κ3) is 2.26. The number of rotatable bonds is 4. The summed E-state index contributed by atoms with van der Waals surface area (Å²) in [5.41, 5.74) is 1.27. The van der Waals surface area contributed by atoms with Crippen molar-refractivity contribution >= 4 is 0 Å². The molecule has 0 amide bonds. The van der Waals surface area contributed by atoms with Crippen LogP contribution in [0.25, 0.3) is 0 Å². The number of methoxy groups -OCH3 is 1. The fourth-order valence-electron chi connectivity index (χ4n) is 1.21. The van der Waals surface area contributed by atoms with Gasteiger partial charge in [-0.3, -0.25) is 0 Å². The molecule has 0 saturated heterocycles. The van der Waals surface area contributed by atoms with E-state index >= 15 is 0 Å². The molecule has 1 heteroatoms. The van der Waals surface area contributed by atoms with Crippen molar-refractivity contribution in [1.29, 1.82) is 0 Å². The summed E-state index contributed by atoms with van der Waals surface area (Å²) in [4.78, 5) is 0. The second-order valence-corrected chi connectivity index (χ2v) is 2.83. The van der Waals surface area contributed by atoms with Crippen LogP contribution in [-0.2, 0) is 6.42 Å². The summed E-state index contributed by atoms with van der Waals surface area (Å²) in [6.07, 6.45) is 3.53. The summed E-state index contributed by atoms with van der Waals surface area (Å²) in [5, 5.41) is 0. The largest absolute Gasteiger partial charge is 0.496 e. The van der Waals surface area contributed by atoms with Crippen molar-refractivity contribution in [2.75, 3.05) is 7.11 Å². The van der Waals surface area contributed by atoms with Gasteiger partial charge in [0.15, 0.2) is 0 Å². The second-order valence-electron chi connectivity index (χ2n) is 2.83. The summed E-state index contributed by atoms with van der Waals surface area (Å²) in [6, 6.07) is 9.07. The van der Waals surface area contributed by atoms with Crippen molar-refractivity contribution in [3.8, 4) is 5.75 Å². The third-order valence-electron chi connectivity index (χ3n) is 1.90. The Bertz CT molecular complexity index is 230. The molecular formula is C11H15O. The smallest absolute Gasteiger partial charge is 0.130 e. The molecule has 0 aliphatic heterocycles. The molecule has 1 nitrogen and oxygen atoms in total. The maximum Gasteiger partial charge on any atom is 0.130 e. The minimum Gasteiger partial charge on any atom is -0.496 e. The lowest BCUT2D eigenvalue weighted by Crippen LogP contribution is -1.91. The van der Waals surface area contributed by atoms with E-state index in [1.807, 2.05) is 12.1 Å². The van der Waals surface area contributed by atoms with E-state index in [1.165, 1.54) is 18.4 Å². The van der Waals surface area contributed by atoms with Gasteiger partial charge in [-0.25, -0.2) is 0 Å². The Morgan fingerprint density at radius 3 is 3.00 bits per heavy atom. The van der Waals surface area contributed by atoms with Crippen molar-refractivity contribution in [3.05, 3.63) is 29.8 Å². The number of para-hydroxylation sites is 1. The molecule has 0 fully saturated rings. The summed E-state index contributed by atoms with van der Waals surface area (Å²) in [5.74, 6) is 0.894. The molecule has 0 unspecified atom stereocenters. The first kappa shape index (κ1) is 9.11.